The van der Waals surface area contributed by atoms with Crippen molar-refractivity contribution in [2.24, 2.45) is 0 Å². The normalized spacial score (nSPS) is 11.2. The van der Waals surface area contributed by atoms with E-state index >= 15 is 0 Å². The highest BCUT2D eigenvalue weighted by atomic mass is 32.2. The molecule has 0 unspecified atom stereocenters. The maximum atomic E-state index is 10.8. The molecule has 4 aromatic carbocycles. The average Bonchev–Trinajstić information content (AvgIpc) is 3.18. The fourth-order valence-corrected chi connectivity index (χ4v) is 4.63. The van der Waals surface area contributed by atoms with Crippen molar-refractivity contribution in [3.05, 3.63) is 96.6 Å². The zero-order valence-corrected chi connectivity index (χ0v) is 17.6. The minimum atomic E-state index is -0.784. The first-order valence-electron chi connectivity index (χ1n) is 10.1. The average molecular weight is 425 g/mol. The number of para-hydroxylation sites is 2. The van der Waals surface area contributed by atoms with Gasteiger partial charge in [0.25, 0.3) is 0 Å². The van der Waals surface area contributed by atoms with Crippen molar-refractivity contribution in [2.45, 2.75) is 5.75 Å². The molecule has 0 spiro atoms. The van der Waals surface area contributed by atoms with Gasteiger partial charge in [0.15, 0.2) is 0 Å². The van der Waals surface area contributed by atoms with Gasteiger partial charge in [0.1, 0.15) is 11.2 Å². The lowest BCUT2D eigenvalue weighted by atomic mass is 9.97. The van der Waals surface area contributed by atoms with Crippen LogP contribution in [0.3, 0.4) is 0 Å². The number of hydrogen-bond acceptors (Lipinski definition) is 3. The molecule has 3 nitrogen and oxygen atoms in total. The molecule has 4 heteroatoms. The highest BCUT2D eigenvalue weighted by molar-refractivity contribution is 7.99. The Kier molecular flexibility index (Phi) is 5.23. The van der Waals surface area contributed by atoms with Crippen molar-refractivity contribution in [1.29, 1.82) is 0 Å². The van der Waals surface area contributed by atoms with Crippen LogP contribution in [0, 0.1) is 0 Å². The van der Waals surface area contributed by atoms with E-state index in [1.54, 1.807) is 0 Å². The van der Waals surface area contributed by atoms with Crippen molar-refractivity contribution >= 4 is 39.7 Å². The molecule has 5 aromatic rings. The predicted octanol–water partition coefficient (Wildman–Crippen LogP) is 7.24. The van der Waals surface area contributed by atoms with E-state index in [0.717, 1.165) is 49.8 Å². The number of furan rings is 1. The number of carboxylic acids is 1. The Bertz CT molecular complexity index is 1400. The first kappa shape index (κ1) is 19.5. The van der Waals surface area contributed by atoms with Crippen LogP contribution in [0.1, 0.15) is 5.56 Å². The third-order valence-electron chi connectivity index (χ3n) is 5.33. The van der Waals surface area contributed by atoms with E-state index < -0.39 is 5.97 Å². The lowest BCUT2D eigenvalue weighted by Crippen LogP contribution is -1.98. The first-order valence-corrected chi connectivity index (χ1v) is 11.2. The van der Waals surface area contributed by atoms with Crippen LogP contribution in [0.15, 0.2) is 95.4 Å². The van der Waals surface area contributed by atoms with Gasteiger partial charge < -0.3 is 9.52 Å². The van der Waals surface area contributed by atoms with Gasteiger partial charge in [0, 0.05) is 22.1 Å². The zero-order chi connectivity index (χ0) is 21.2. The molecule has 5 rings (SSSR count). The molecule has 0 aliphatic heterocycles. The summed E-state index contributed by atoms with van der Waals surface area (Å²) in [6, 6.07) is 31.2. The van der Waals surface area contributed by atoms with Gasteiger partial charge in [-0.15, -0.1) is 11.8 Å². The van der Waals surface area contributed by atoms with E-state index in [1.807, 2.05) is 30.3 Å². The third kappa shape index (κ3) is 3.94. The summed E-state index contributed by atoms with van der Waals surface area (Å²) in [5.74, 6) is 0.00733. The molecule has 0 bridgehead atoms. The summed E-state index contributed by atoms with van der Waals surface area (Å²) in [7, 11) is 0. The molecular weight excluding hydrogens is 404 g/mol. The van der Waals surface area contributed by atoms with Crippen LogP contribution in [0.2, 0.25) is 0 Å². The molecular formula is C27H20O3S. The van der Waals surface area contributed by atoms with Gasteiger partial charge >= 0.3 is 5.97 Å². The number of carbonyl (C=O) groups is 1. The number of thioether (sulfide) groups is 1. The second kappa shape index (κ2) is 8.32. The summed E-state index contributed by atoms with van der Waals surface area (Å²) in [4.78, 5) is 10.8. The molecule has 0 fully saturated rings. The second-order valence-corrected chi connectivity index (χ2v) is 8.43. The van der Waals surface area contributed by atoms with Crippen LogP contribution >= 0.6 is 11.8 Å². The highest BCUT2D eigenvalue weighted by Crippen LogP contribution is 2.36. The molecule has 0 aliphatic rings. The fourth-order valence-electron chi connectivity index (χ4n) is 3.94. The number of benzene rings is 4. The van der Waals surface area contributed by atoms with Crippen molar-refractivity contribution in [3.63, 3.8) is 0 Å². The Labute approximate surface area is 184 Å². The molecule has 31 heavy (non-hydrogen) atoms. The Morgan fingerprint density at radius 3 is 2.35 bits per heavy atom. The number of fused-ring (bicyclic) bond motifs is 3. The first-order chi connectivity index (χ1) is 15.2. The molecule has 0 atom stereocenters. The summed E-state index contributed by atoms with van der Waals surface area (Å²) < 4.78 is 6.22. The summed E-state index contributed by atoms with van der Waals surface area (Å²) in [5, 5.41) is 11.1. The second-order valence-electron chi connectivity index (χ2n) is 7.45. The van der Waals surface area contributed by atoms with Crippen molar-refractivity contribution in [1.82, 2.24) is 0 Å². The monoisotopic (exact) mass is 424 g/mol. The quantitative estimate of drug-likeness (QED) is 0.312. The smallest absolute Gasteiger partial charge is 0.313 e. The van der Waals surface area contributed by atoms with Gasteiger partial charge in [-0.1, -0.05) is 78.9 Å². The van der Waals surface area contributed by atoms with E-state index in [4.69, 9.17) is 9.52 Å². The summed E-state index contributed by atoms with van der Waals surface area (Å²) in [5.41, 5.74) is 7.33. The molecule has 1 N–H and O–H groups in total. The van der Waals surface area contributed by atoms with Gasteiger partial charge in [0.05, 0.1) is 5.75 Å². The SMILES string of the molecule is O=C(O)CSCc1cccc(-c2cccc(-c3cccc4c3oc3ccccc34)c2)c1. The van der Waals surface area contributed by atoms with Crippen LogP contribution < -0.4 is 0 Å². The Morgan fingerprint density at radius 2 is 1.48 bits per heavy atom. The maximum Gasteiger partial charge on any atom is 0.313 e. The molecule has 152 valence electrons. The van der Waals surface area contributed by atoms with Crippen LogP contribution in [0.4, 0.5) is 0 Å². The largest absolute Gasteiger partial charge is 0.481 e. The van der Waals surface area contributed by atoms with E-state index in [2.05, 4.69) is 60.7 Å². The summed E-state index contributed by atoms with van der Waals surface area (Å²) >= 11 is 1.41. The molecule has 0 aliphatic carbocycles. The molecule has 1 heterocycles. The van der Waals surface area contributed by atoms with Gasteiger partial charge in [-0.2, -0.15) is 0 Å². The Morgan fingerprint density at radius 1 is 0.774 bits per heavy atom. The number of aliphatic carboxylic acids is 1. The fraction of sp³-hybridized carbons (Fsp3) is 0.0741. The number of carboxylic acid groups (broad SMARTS) is 1. The minimum absolute atomic E-state index is 0.112. The third-order valence-corrected chi connectivity index (χ3v) is 6.32. The standard InChI is InChI=1S/C27H20O3S/c28-26(29)17-31-16-18-6-3-7-19(14-18)20-8-4-9-21(15-20)22-11-5-12-24-23-10-1-2-13-25(23)30-27(22)24/h1-15H,16-17H2,(H,28,29). The molecule has 0 radical (unpaired) electrons. The molecule has 0 saturated heterocycles. The lowest BCUT2D eigenvalue weighted by Gasteiger charge is -2.08. The summed E-state index contributed by atoms with van der Waals surface area (Å²) in [6.45, 7) is 0. The highest BCUT2D eigenvalue weighted by Gasteiger charge is 2.12. The summed E-state index contributed by atoms with van der Waals surface area (Å²) in [6.07, 6.45) is 0. The van der Waals surface area contributed by atoms with Gasteiger partial charge in [-0.05, 0) is 34.4 Å². The number of rotatable bonds is 6. The van der Waals surface area contributed by atoms with Crippen molar-refractivity contribution in [2.75, 3.05) is 5.75 Å². The molecule has 0 amide bonds. The van der Waals surface area contributed by atoms with Crippen LogP contribution in [0.5, 0.6) is 0 Å². The van der Waals surface area contributed by atoms with E-state index in [9.17, 15) is 4.79 Å². The van der Waals surface area contributed by atoms with Crippen molar-refractivity contribution in [3.8, 4) is 22.3 Å². The molecule has 1 aromatic heterocycles. The van der Waals surface area contributed by atoms with Gasteiger partial charge in [-0.3, -0.25) is 4.79 Å². The van der Waals surface area contributed by atoms with Crippen LogP contribution in [0.25, 0.3) is 44.2 Å². The van der Waals surface area contributed by atoms with Crippen LogP contribution in [-0.4, -0.2) is 16.8 Å². The number of hydrogen-bond donors (Lipinski definition) is 1. The van der Waals surface area contributed by atoms with E-state index in [0.29, 0.717) is 5.75 Å². The van der Waals surface area contributed by atoms with Gasteiger partial charge in [-0.25, -0.2) is 0 Å². The Hall–Kier alpha value is -3.50. The topological polar surface area (TPSA) is 50.4 Å². The van der Waals surface area contributed by atoms with Gasteiger partial charge in [0.2, 0.25) is 0 Å². The van der Waals surface area contributed by atoms with E-state index in [1.165, 1.54) is 11.8 Å². The lowest BCUT2D eigenvalue weighted by molar-refractivity contribution is -0.133. The maximum absolute atomic E-state index is 10.8. The van der Waals surface area contributed by atoms with Crippen LogP contribution in [-0.2, 0) is 10.5 Å². The van der Waals surface area contributed by atoms with Crippen molar-refractivity contribution < 1.29 is 14.3 Å². The van der Waals surface area contributed by atoms with E-state index in [-0.39, 0.29) is 5.75 Å². The Balaban J connectivity index is 1.52. The minimum Gasteiger partial charge on any atom is -0.481 e. The molecule has 0 saturated carbocycles. The zero-order valence-electron chi connectivity index (χ0n) is 16.7. The predicted molar refractivity (Wildman–Crippen MR) is 128 cm³/mol.